The number of carboxylic acids is 1. The Labute approximate surface area is 571 Å². The minimum atomic E-state index is -3.80. The third kappa shape index (κ3) is 17.1. The van der Waals surface area contributed by atoms with Crippen molar-refractivity contribution < 1.29 is 69.0 Å². The number of hydrogen-bond acceptors (Lipinski definition) is 16. The van der Waals surface area contributed by atoms with Gasteiger partial charge in [0.2, 0.25) is 37.8 Å². The molecular weight excluding hydrogens is 1320 g/mol. The second-order valence-corrected chi connectivity index (χ2v) is 33.3. The number of thiazole rings is 2. The molecule has 3 amide bonds. The van der Waals surface area contributed by atoms with Crippen LogP contribution in [-0.4, -0.2) is 125 Å². The molecule has 6 aromatic rings. The zero-order chi connectivity index (χ0) is 68.2. The Balaban J connectivity index is 0.000000169. The van der Waals surface area contributed by atoms with Crippen LogP contribution in [0.15, 0.2) is 121 Å². The first-order valence-electron chi connectivity index (χ1n) is 33.9. The summed E-state index contributed by atoms with van der Waals surface area (Å²) in [5.41, 5.74) is 1.05. The number of nitrogens with two attached hydrogens (primary N) is 1. The Morgan fingerprint density at radius 3 is 1.44 bits per heavy atom. The minimum absolute atomic E-state index is 0.109. The average Bonchev–Trinajstić information content (AvgIpc) is 1.58. The molecular formula is C72H82F2N6O13S4. The molecule has 14 rings (SSSR count). The van der Waals surface area contributed by atoms with E-state index >= 15 is 0 Å². The van der Waals surface area contributed by atoms with Gasteiger partial charge in [-0.25, -0.2) is 40.7 Å². The number of nitrogens with zero attached hydrogens (tertiary/aromatic N) is 4. The summed E-state index contributed by atoms with van der Waals surface area (Å²) in [6.07, 6.45) is 19.8. The van der Waals surface area contributed by atoms with Crippen LogP contribution in [0.5, 0.6) is 10.4 Å². The molecule has 2 aromatic heterocycles. The van der Waals surface area contributed by atoms with Crippen molar-refractivity contribution in [2.24, 2.45) is 39.6 Å². The van der Waals surface area contributed by atoms with Crippen LogP contribution in [0.2, 0.25) is 0 Å². The topological polar surface area (TPSA) is 280 Å². The zero-order valence-corrected chi connectivity index (χ0v) is 57.2. The van der Waals surface area contributed by atoms with Crippen LogP contribution in [0.4, 0.5) is 8.78 Å². The zero-order valence-electron chi connectivity index (χ0n) is 53.9. The lowest BCUT2D eigenvalue weighted by Gasteiger charge is -2.29. The molecule has 97 heavy (non-hydrogen) atoms. The maximum absolute atomic E-state index is 14.5. The standard InChI is InChI=1S/C36H40FN3O6S2.C33H35FN2O5S.C3H7NO2S/c37-26-14-12-23(13-15-26)18-24-8-4-2-1-3-5-9-25-20-36(25,34(43)39-48(44,45)28-16-17-28)21-31(41)30-19-27(22-40(30)33(24)42)46-35-38-29-10-6-7-11-32(29)47-35;34-24-14-12-21(13-15-24)16-22-8-4-2-1-3-5-9-23-18-33(23,31(39)40)19-28(37)27-17-25(20-36(27)30(22)38)41-32-35-26-10-6-7-11-29(26)42-32;4-7(5,6)3-1-2-3/h5-7,9-15,24-25,27-28,30H,1-4,8,16-22H2,(H,39,43);5-7,9-15,22-23,25,27H,1-4,8,16-20H2,(H,39,40);3H,1-2H2,(H2,4,5,6)/b2*9-5-;/t24-,25-,27-,30+,36-;22-,23-,25-,27+,33-;/m11./s1. The van der Waals surface area contributed by atoms with Gasteiger partial charge in [0.15, 0.2) is 11.6 Å². The summed E-state index contributed by atoms with van der Waals surface area (Å²) in [6, 6.07) is 26.2. The molecule has 4 saturated carbocycles. The quantitative estimate of drug-likeness (QED) is 0.0907. The van der Waals surface area contributed by atoms with Crippen molar-refractivity contribution in [3.8, 4) is 10.4 Å². The van der Waals surface area contributed by atoms with E-state index in [4.69, 9.17) is 14.6 Å². The highest BCUT2D eigenvalue weighted by Crippen LogP contribution is 2.58. The normalized spacial score (nSPS) is 28.6. The number of ketones is 2. The Morgan fingerprint density at radius 1 is 0.588 bits per heavy atom. The Hall–Kier alpha value is -7.32. The van der Waals surface area contributed by atoms with Crippen molar-refractivity contribution in [2.45, 2.75) is 176 Å². The predicted molar refractivity (Wildman–Crippen MR) is 364 cm³/mol. The molecule has 0 spiro atoms. The molecule has 19 nitrogen and oxygen atoms in total. The highest BCUT2D eigenvalue weighted by Gasteiger charge is 2.63. The number of hydrogen-bond donors (Lipinski definition) is 3. The number of sulfonamides is 2. The van der Waals surface area contributed by atoms with Crippen LogP contribution in [0.25, 0.3) is 20.4 Å². The van der Waals surface area contributed by atoms with Gasteiger partial charge in [-0.2, -0.15) is 0 Å². The number of allylic oxidation sites excluding steroid dienone is 4. The first-order valence-corrected chi connectivity index (χ1v) is 38.7. The van der Waals surface area contributed by atoms with Gasteiger partial charge in [0.05, 0.1) is 66.9 Å². The summed E-state index contributed by atoms with van der Waals surface area (Å²) in [7, 11) is -6.93. The number of carboxylic acid groups (broad SMARTS) is 1. The van der Waals surface area contributed by atoms with Crippen molar-refractivity contribution in [3.05, 3.63) is 144 Å². The van der Waals surface area contributed by atoms with E-state index in [9.17, 15) is 59.5 Å². The number of benzene rings is 4. The van der Waals surface area contributed by atoms with Crippen molar-refractivity contribution in [1.29, 1.82) is 0 Å². The van der Waals surface area contributed by atoms with Crippen LogP contribution in [0, 0.1) is 46.1 Å². The largest absolute Gasteiger partial charge is 0.481 e. The molecule has 6 fully saturated rings. The van der Waals surface area contributed by atoms with Crippen LogP contribution in [0.3, 0.4) is 0 Å². The van der Waals surface area contributed by atoms with Crippen molar-refractivity contribution in [2.75, 3.05) is 13.1 Å². The Morgan fingerprint density at radius 2 is 1.02 bits per heavy atom. The molecule has 0 radical (unpaired) electrons. The average molecular weight is 1410 g/mol. The van der Waals surface area contributed by atoms with Crippen LogP contribution >= 0.6 is 22.7 Å². The van der Waals surface area contributed by atoms with E-state index in [2.05, 4.69) is 14.7 Å². The highest BCUT2D eigenvalue weighted by molar-refractivity contribution is 7.91. The lowest BCUT2D eigenvalue weighted by atomic mass is 9.90. The van der Waals surface area contributed by atoms with Gasteiger partial charge in [-0.15, -0.1) is 0 Å². The van der Waals surface area contributed by atoms with Crippen molar-refractivity contribution >= 4 is 98.4 Å². The Kier molecular flexibility index (Phi) is 21.3. The highest BCUT2D eigenvalue weighted by atomic mass is 32.2. The van der Waals surface area contributed by atoms with Gasteiger partial charge in [0.25, 0.3) is 10.4 Å². The molecule has 4 aliphatic carbocycles. The van der Waals surface area contributed by atoms with Gasteiger partial charge in [-0.1, -0.05) is 121 Å². The Bertz CT molecular complexity index is 4130. The predicted octanol–water partition coefficient (Wildman–Crippen LogP) is 11.4. The fraction of sp³-hybridized carbons (Fsp3) is 0.500. The summed E-state index contributed by atoms with van der Waals surface area (Å²) in [5, 5.41) is 15.0. The molecule has 25 heteroatoms. The van der Waals surface area contributed by atoms with Crippen LogP contribution < -0.4 is 19.3 Å². The van der Waals surface area contributed by atoms with E-state index in [1.165, 1.54) is 46.9 Å². The molecule has 4 aromatic carbocycles. The second-order valence-electron chi connectivity index (χ2n) is 27.5. The number of amides is 3. The third-order valence-corrected chi connectivity index (χ3v) is 25.4. The number of aromatic nitrogens is 2. The first kappa shape index (κ1) is 69.6. The van der Waals surface area contributed by atoms with Gasteiger partial charge in [0, 0.05) is 37.5 Å². The number of aliphatic carboxylic acids is 1. The molecule has 8 aliphatic rings. The summed E-state index contributed by atoms with van der Waals surface area (Å²) in [4.78, 5) is 95.3. The molecule has 6 heterocycles. The van der Waals surface area contributed by atoms with E-state index in [1.54, 1.807) is 34.1 Å². The van der Waals surface area contributed by atoms with Gasteiger partial charge >= 0.3 is 5.97 Å². The number of Topliss-reactive ketones (excluding diaryl/α,β-unsaturated/α-hetero) is 2. The lowest BCUT2D eigenvalue weighted by Crippen LogP contribution is -2.46. The monoisotopic (exact) mass is 1400 g/mol. The molecule has 4 aliphatic heterocycles. The fourth-order valence-electron chi connectivity index (χ4n) is 14.2. The fourth-order valence-corrected chi connectivity index (χ4v) is 18.2. The molecule has 516 valence electrons. The summed E-state index contributed by atoms with van der Waals surface area (Å²) < 4.78 is 90.0. The molecule has 10 atom stereocenters. The molecule has 2 saturated heterocycles. The number of halogens is 2. The number of fused-ring (bicyclic) bond motifs is 6. The number of carbonyl (C=O) groups is 6. The number of nitrogens with one attached hydrogen (secondary N) is 1. The van der Waals surface area contributed by atoms with E-state index in [0.29, 0.717) is 68.2 Å². The van der Waals surface area contributed by atoms with E-state index in [-0.39, 0.29) is 90.4 Å². The van der Waals surface area contributed by atoms with Gasteiger partial charge in [-0.3, -0.25) is 33.5 Å². The SMILES string of the molecule is NS(=O)(=O)C1CC1.O=C1C[C@]2(C(=O)NS(=O)(=O)C3CC3)C[C@H]2/C=C\CCCCC[C@H](Cc2ccc(F)cc2)C(=O)N2C[C@H](Oc3nc4ccccc4s3)C[C@@H]12.O=C1C[C@]2(C(=O)O)C[C@H]2/C=C\CCCCC[C@H](Cc2ccc(F)cc2)C(=O)N2C[C@H](Oc3nc4ccccc4s3)C[C@@H]12. The summed E-state index contributed by atoms with van der Waals surface area (Å²) in [5.74, 6) is -4.29. The molecule has 0 bridgehead atoms. The van der Waals surface area contributed by atoms with E-state index < -0.39 is 78.2 Å². The number of para-hydroxylation sites is 2. The maximum atomic E-state index is 14.5. The van der Waals surface area contributed by atoms with Gasteiger partial charge in [0.1, 0.15) is 23.8 Å². The smallest absolute Gasteiger partial charge is 0.310 e. The number of rotatable bonds is 13. The van der Waals surface area contributed by atoms with E-state index in [0.717, 1.165) is 95.8 Å². The molecule has 4 N–H and O–H groups in total. The van der Waals surface area contributed by atoms with Gasteiger partial charge < -0.3 is 24.4 Å². The summed E-state index contributed by atoms with van der Waals surface area (Å²) >= 11 is 2.82. The second kappa shape index (κ2) is 29.6. The maximum Gasteiger partial charge on any atom is 0.310 e. The van der Waals surface area contributed by atoms with Gasteiger partial charge in [-0.05, 0) is 161 Å². The lowest BCUT2D eigenvalue weighted by molar-refractivity contribution is -0.147. The number of carbonyl (C=O) groups excluding carboxylic acids is 5. The third-order valence-electron chi connectivity index (χ3n) is 20.3. The van der Waals surface area contributed by atoms with Crippen LogP contribution in [0.1, 0.15) is 140 Å². The summed E-state index contributed by atoms with van der Waals surface area (Å²) in [6.45, 7) is 0.415. The van der Waals surface area contributed by atoms with Crippen LogP contribution in [-0.2, 0) is 61.7 Å². The van der Waals surface area contributed by atoms with Crippen molar-refractivity contribution in [3.63, 3.8) is 0 Å². The number of ether oxygens (including phenoxy) is 2. The first-order chi connectivity index (χ1) is 46.5. The minimum Gasteiger partial charge on any atom is -0.481 e. The van der Waals surface area contributed by atoms with E-state index in [1.807, 2.05) is 72.8 Å². The number of primary sulfonamides is 1. The molecule has 0 unspecified atom stereocenters. The van der Waals surface area contributed by atoms with Crippen molar-refractivity contribution in [1.82, 2.24) is 24.5 Å².